The second-order valence-electron chi connectivity index (χ2n) is 16.5. The Morgan fingerprint density at radius 3 is 1.72 bits per heavy atom. The van der Waals surface area contributed by atoms with Crippen LogP contribution in [0.3, 0.4) is 0 Å². The number of benzene rings is 8. The molecule has 0 fully saturated rings. The maximum Gasteiger partial charge on any atom is 0.0553 e. The molecule has 0 saturated carbocycles. The van der Waals surface area contributed by atoms with Crippen LogP contribution in [0.2, 0.25) is 0 Å². The highest BCUT2D eigenvalue weighted by atomic mass is 15.0. The first kappa shape index (κ1) is 44.7. The van der Waals surface area contributed by atoms with E-state index in [0.717, 1.165) is 55.8 Å². The van der Waals surface area contributed by atoms with Gasteiger partial charge < -0.3 is 9.13 Å². The Kier molecular flexibility index (Phi) is 12.9. The summed E-state index contributed by atoms with van der Waals surface area (Å²) in [7, 11) is 0. The molecule has 0 N–H and O–H groups in total. The van der Waals surface area contributed by atoms with Crippen molar-refractivity contribution in [1.29, 1.82) is 0 Å². The zero-order valence-corrected chi connectivity index (χ0v) is 39.5. The smallest absolute Gasteiger partial charge is 0.0553 e. The van der Waals surface area contributed by atoms with Crippen molar-refractivity contribution in [3.05, 3.63) is 249 Å². The van der Waals surface area contributed by atoms with Crippen LogP contribution in [0.1, 0.15) is 44.5 Å². The quantitative estimate of drug-likeness (QED) is 0.121. The molecule has 330 valence electrons. The molecule has 1 aliphatic carbocycles. The van der Waals surface area contributed by atoms with Crippen molar-refractivity contribution in [2.75, 3.05) is 0 Å². The van der Waals surface area contributed by atoms with Gasteiger partial charge in [-0.25, -0.2) is 0 Å². The molecule has 0 amide bonds. The molecule has 8 aromatic carbocycles. The van der Waals surface area contributed by atoms with Crippen LogP contribution in [0, 0.1) is 0 Å². The van der Waals surface area contributed by atoms with E-state index in [4.69, 9.17) is 0 Å². The number of aromatic nitrogens is 2. The van der Waals surface area contributed by atoms with Crippen LogP contribution < -0.4 is 0 Å². The van der Waals surface area contributed by atoms with Crippen LogP contribution in [0.5, 0.6) is 0 Å². The molecule has 11 rings (SSSR count). The molecule has 2 heterocycles. The number of allylic oxidation sites excluding steroid dienone is 8. The number of fused-ring (bicyclic) bond motifs is 8. The zero-order chi connectivity index (χ0) is 47.3. The lowest BCUT2D eigenvalue weighted by Crippen LogP contribution is -1.97. The first-order chi connectivity index (χ1) is 33.5. The largest absolute Gasteiger partial charge is 0.309 e. The van der Waals surface area contributed by atoms with Crippen LogP contribution in [-0.2, 0) is 0 Å². The van der Waals surface area contributed by atoms with E-state index >= 15 is 0 Å². The minimum atomic E-state index is 1.03. The minimum Gasteiger partial charge on any atom is -0.309 e. The fraction of sp³-hybridized carbons (Fsp3) is 0.0606. The molecule has 1 aliphatic rings. The molecule has 2 heteroatoms. The summed E-state index contributed by atoms with van der Waals surface area (Å²) in [5, 5.41) is 6.23. The van der Waals surface area contributed by atoms with Gasteiger partial charge in [-0.05, 0) is 141 Å². The predicted octanol–water partition coefficient (Wildman–Crippen LogP) is 19.1. The molecule has 0 aliphatic heterocycles. The third-order valence-electron chi connectivity index (χ3n) is 12.8. The van der Waals surface area contributed by atoms with Gasteiger partial charge in [0.2, 0.25) is 0 Å². The Morgan fingerprint density at radius 1 is 0.441 bits per heavy atom. The molecule has 0 radical (unpaired) electrons. The first-order valence-corrected chi connectivity index (χ1v) is 23.5. The van der Waals surface area contributed by atoms with E-state index in [2.05, 4.69) is 217 Å². The molecule has 0 unspecified atom stereocenters. The number of hydrogen-bond donors (Lipinski definition) is 0. The topological polar surface area (TPSA) is 9.86 Å². The van der Waals surface area contributed by atoms with Crippen molar-refractivity contribution in [2.45, 2.75) is 27.7 Å². The standard InChI is InChI=1S/C59H42N2.C5H8.C2H6/c1-5-16-38(17-6-2)40-26-30-44(31-27-40)60-56-33-29-43(36-53(56)59-50-25-15-24-49-47-22-12-13-23-48(47)52(58(49)50)37-57(59)60)42-28-32-55-51(35-42)46(7-3)54(8-4)61(55)45-21-14-20-41(34-45)39-18-10-9-11-19-39;1-3-5-4-2;1-2/h5-37H,1,3-4H2,2H3;3-5H,1H2,2H3;1-2H3/b17-6-,38-16+;5-4-;. The second kappa shape index (κ2) is 19.6. The van der Waals surface area contributed by atoms with Crippen LogP contribution in [0.15, 0.2) is 233 Å². The van der Waals surface area contributed by atoms with E-state index in [1.807, 2.05) is 58.1 Å². The van der Waals surface area contributed by atoms with Gasteiger partial charge in [0.1, 0.15) is 0 Å². The highest BCUT2D eigenvalue weighted by Crippen LogP contribution is 2.51. The van der Waals surface area contributed by atoms with E-state index in [1.54, 1.807) is 6.08 Å². The second-order valence-corrected chi connectivity index (χ2v) is 16.5. The zero-order valence-electron chi connectivity index (χ0n) is 39.5. The maximum atomic E-state index is 4.29. The van der Waals surface area contributed by atoms with Crippen LogP contribution in [0.25, 0.3) is 117 Å². The van der Waals surface area contributed by atoms with Gasteiger partial charge >= 0.3 is 0 Å². The average molecular weight is 877 g/mol. The molecule has 0 saturated heterocycles. The SMILES string of the molecule is C=C/C=C(\C=C/C)c1ccc(-n2c3ccc(-c4ccc5c(c4)c(C=C)c(C=C)n5-c4cccc(-c5ccccc5)c4)cc3c3c4cccc5c4c(cc32)-c2ccccc2-5)cc1.C=C/C=C\C.CC. The molecule has 0 atom stereocenters. The van der Waals surface area contributed by atoms with Gasteiger partial charge in [0.15, 0.2) is 0 Å². The monoisotopic (exact) mass is 876 g/mol. The van der Waals surface area contributed by atoms with Gasteiger partial charge in [-0.3, -0.25) is 0 Å². The van der Waals surface area contributed by atoms with E-state index < -0.39 is 0 Å². The first-order valence-electron chi connectivity index (χ1n) is 23.5. The van der Waals surface area contributed by atoms with Crippen molar-refractivity contribution in [3.63, 3.8) is 0 Å². The van der Waals surface area contributed by atoms with Crippen molar-refractivity contribution in [1.82, 2.24) is 9.13 Å². The molecule has 10 aromatic rings. The van der Waals surface area contributed by atoms with Crippen LogP contribution in [-0.4, -0.2) is 9.13 Å². The Balaban J connectivity index is 0.000000777. The highest BCUT2D eigenvalue weighted by molar-refractivity contribution is 6.29. The Hall–Kier alpha value is -8.46. The highest BCUT2D eigenvalue weighted by Gasteiger charge is 2.26. The molecule has 2 nitrogen and oxygen atoms in total. The number of rotatable bonds is 10. The van der Waals surface area contributed by atoms with Crippen LogP contribution in [0.4, 0.5) is 0 Å². The predicted molar refractivity (Wildman–Crippen MR) is 300 cm³/mol. The lowest BCUT2D eigenvalue weighted by atomic mass is 9.96. The average Bonchev–Trinajstić information content (AvgIpc) is 4.03. The van der Waals surface area contributed by atoms with E-state index in [9.17, 15) is 0 Å². The fourth-order valence-electron chi connectivity index (χ4n) is 9.99. The summed E-state index contributed by atoms with van der Waals surface area (Å²) >= 11 is 0. The van der Waals surface area contributed by atoms with Crippen molar-refractivity contribution in [3.8, 4) is 55.9 Å². The lowest BCUT2D eigenvalue weighted by molar-refractivity contribution is 1.11. The van der Waals surface area contributed by atoms with Crippen molar-refractivity contribution < 1.29 is 0 Å². The summed E-state index contributed by atoms with van der Waals surface area (Å²) in [5.74, 6) is 0. The molecule has 68 heavy (non-hydrogen) atoms. The number of hydrogen-bond acceptors (Lipinski definition) is 0. The molecule has 0 spiro atoms. The van der Waals surface area contributed by atoms with E-state index in [-0.39, 0.29) is 0 Å². The van der Waals surface area contributed by atoms with Gasteiger partial charge in [0, 0.05) is 33.1 Å². The van der Waals surface area contributed by atoms with Gasteiger partial charge in [0.25, 0.3) is 0 Å². The summed E-state index contributed by atoms with van der Waals surface area (Å²) < 4.78 is 4.76. The third kappa shape index (κ3) is 7.70. The van der Waals surface area contributed by atoms with E-state index in [0.29, 0.717) is 0 Å². The summed E-state index contributed by atoms with van der Waals surface area (Å²) in [6, 6.07) is 60.1. The van der Waals surface area contributed by atoms with Gasteiger partial charge in [-0.2, -0.15) is 0 Å². The molecular weight excluding hydrogens is 821 g/mol. The van der Waals surface area contributed by atoms with Gasteiger partial charge in [-0.1, -0.05) is 198 Å². The summed E-state index contributed by atoms with van der Waals surface area (Å²) in [4.78, 5) is 0. The Morgan fingerprint density at radius 2 is 1.07 bits per heavy atom. The van der Waals surface area contributed by atoms with Crippen molar-refractivity contribution >= 4 is 61.2 Å². The molecule has 0 bridgehead atoms. The summed E-state index contributed by atoms with van der Waals surface area (Å²) in [6.07, 6.45) is 17.6. The maximum absolute atomic E-state index is 4.29. The van der Waals surface area contributed by atoms with Crippen LogP contribution >= 0.6 is 0 Å². The fourth-order valence-corrected chi connectivity index (χ4v) is 9.99. The Labute approximate surface area is 401 Å². The van der Waals surface area contributed by atoms with E-state index in [1.165, 1.54) is 66.0 Å². The Bertz CT molecular complexity index is 3650. The van der Waals surface area contributed by atoms with Gasteiger partial charge in [-0.15, -0.1) is 0 Å². The molecule has 2 aromatic heterocycles. The van der Waals surface area contributed by atoms with Crippen molar-refractivity contribution in [2.24, 2.45) is 0 Å². The minimum absolute atomic E-state index is 1.03. The summed E-state index contributed by atoms with van der Waals surface area (Å²) in [6.45, 7) is 24.0. The molecular formula is C66H56N2. The summed E-state index contributed by atoms with van der Waals surface area (Å²) in [5.41, 5.74) is 19.9. The lowest BCUT2D eigenvalue weighted by Gasteiger charge is -2.12. The van der Waals surface area contributed by atoms with Gasteiger partial charge in [0.05, 0.1) is 22.2 Å². The third-order valence-corrected chi connectivity index (χ3v) is 12.8. The number of nitrogens with zero attached hydrogens (tertiary/aromatic N) is 2. The normalized spacial score (nSPS) is 11.7.